The number of hydrogen-bond donors (Lipinski definition) is 1. The summed E-state index contributed by atoms with van der Waals surface area (Å²) in [6, 6.07) is 5.66. The van der Waals surface area contributed by atoms with E-state index in [2.05, 4.69) is 22.5 Å². The summed E-state index contributed by atoms with van der Waals surface area (Å²) in [4.78, 5) is 14.8. The van der Waals surface area contributed by atoms with Crippen molar-refractivity contribution in [3.05, 3.63) is 34.8 Å². The van der Waals surface area contributed by atoms with Crippen molar-refractivity contribution in [1.29, 1.82) is 0 Å². The molecule has 0 radical (unpaired) electrons. The Hall–Kier alpha value is -0.940. The molecule has 5 heteroatoms. The maximum absolute atomic E-state index is 12.1. The molecule has 0 saturated carbocycles. The topological polar surface area (TPSA) is 46.3 Å². The van der Waals surface area contributed by atoms with Crippen LogP contribution in [0.15, 0.2) is 39.7 Å². The smallest absolute Gasteiger partial charge is 0.233 e. The van der Waals surface area contributed by atoms with Crippen molar-refractivity contribution in [1.82, 2.24) is 4.90 Å². The van der Waals surface area contributed by atoms with Gasteiger partial charge in [-0.05, 0) is 32.0 Å². The van der Waals surface area contributed by atoms with Crippen LogP contribution in [0, 0.1) is 0 Å². The van der Waals surface area contributed by atoms with Crippen LogP contribution in [0.4, 0.5) is 5.69 Å². The fourth-order valence-corrected chi connectivity index (χ4v) is 2.99. The van der Waals surface area contributed by atoms with Gasteiger partial charge in [0.2, 0.25) is 5.91 Å². The molecule has 1 rings (SSSR count). The highest BCUT2D eigenvalue weighted by Gasteiger charge is 2.12. The minimum absolute atomic E-state index is 0.106. The predicted octanol–water partition coefficient (Wildman–Crippen LogP) is 3.55. The van der Waals surface area contributed by atoms with E-state index in [1.54, 1.807) is 4.90 Å². The van der Waals surface area contributed by atoms with Gasteiger partial charge in [0.05, 0.1) is 5.75 Å². The second-order valence-corrected chi connectivity index (χ2v) is 6.27. The molecular formula is C14H19BrN2OS. The molecule has 19 heavy (non-hydrogen) atoms. The minimum Gasteiger partial charge on any atom is -0.398 e. The third-order valence-electron chi connectivity index (χ3n) is 2.52. The lowest BCUT2D eigenvalue weighted by molar-refractivity contribution is -0.127. The van der Waals surface area contributed by atoms with Crippen molar-refractivity contribution in [3.8, 4) is 0 Å². The number of amides is 1. The molecule has 0 bridgehead atoms. The van der Waals surface area contributed by atoms with Gasteiger partial charge in [-0.25, -0.2) is 0 Å². The molecule has 104 valence electrons. The molecule has 0 unspecified atom stereocenters. The lowest BCUT2D eigenvalue weighted by atomic mass is 10.3. The first-order valence-corrected chi connectivity index (χ1v) is 7.82. The molecule has 1 amide bonds. The van der Waals surface area contributed by atoms with Gasteiger partial charge in [-0.15, -0.1) is 11.8 Å². The Kier molecular flexibility index (Phi) is 6.45. The number of benzene rings is 1. The predicted molar refractivity (Wildman–Crippen MR) is 86.3 cm³/mol. The van der Waals surface area contributed by atoms with E-state index in [9.17, 15) is 4.79 Å². The number of anilines is 1. The molecular weight excluding hydrogens is 324 g/mol. The fraction of sp³-hybridized carbons (Fsp3) is 0.357. The summed E-state index contributed by atoms with van der Waals surface area (Å²) < 4.78 is 0.964. The number of carbonyl (C=O) groups excluding carboxylic acids is 1. The number of rotatable bonds is 6. The largest absolute Gasteiger partial charge is 0.398 e. The Labute approximate surface area is 127 Å². The van der Waals surface area contributed by atoms with Crippen LogP contribution in [0.25, 0.3) is 0 Å². The summed E-state index contributed by atoms with van der Waals surface area (Å²) in [5.41, 5.74) is 7.57. The highest BCUT2D eigenvalue weighted by molar-refractivity contribution is 9.10. The summed E-state index contributed by atoms with van der Waals surface area (Å²) in [7, 11) is 0. The molecule has 0 aliphatic heterocycles. The SMILES string of the molecule is C=C(C)CN(CC)C(=O)CSc1cc(Br)ccc1N. The summed E-state index contributed by atoms with van der Waals surface area (Å²) in [5.74, 6) is 0.497. The highest BCUT2D eigenvalue weighted by atomic mass is 79.9. The number of likely N-dealkylation sites (N-methyl/N-ethyl adjacent to an activating group) is 1. The number of halogens is 1. The second-order valence-electron chi connectivity index (χ2n) is 4.34. The Morgan fingerprint density at radius 1 is 1.53 bits per heavy atom. The molecule has 0 heterocycles. The van der Waals surface area contributed by atoms with E-state index in [-0.39, 0.29) is 5.91 Å². The zero-order valence-corrected chi connectivity index (χ0v) is 13.7. The fourth-order valence-electron chi connectivity index (χ4n) is 1.57. The quantitative estimate of drug-likeness (QED) is 0.488. The Balaban J connectivity index is 2.62. The lowest BCUT2D eigenvalue weighted by Crippen LogP contribution is -2.33. The average molecular weight is 343 g/mol. The van der Waals surface area contributed by atoms with Gasteiger partial charge in [-0.3, -0.25) is 4.79 Å². The van der Waals surface area contributed by atoms with Gasteiger partial charge in [-0.1, -0.05) is 28.1 Å². The molecule has 0 atom stereocenters. The molecule has 0 fully saturated rings. The minimum atomic E-state index is 0.106. The maximum atomic E-state index is 12.1. The van der Waals surface area contributed by atoms with Crippen LogP contribution in [0.3, 0.4) is 0 Å². The number of hydrogen-bond acceptors (Lipinski definition) is 3. The van der Waals surface area contributed by atoms with Crippen molar-refractivity contribution in [2.45, 2.75) is 18.7 Å². The van der Waals surface area contributed by atoms with Crippen molar-refractivity contribution >= 4 is 39.3 Å². The van der Waals surface area contributed by atoms with Gasteiger partial charge in [0.1, 0.15) is 0 Å². The standard InChI is InChI=1S/C14H19BrN2OS/c1-4-17(8-10(2)3)14(18)9-19-13-7-11(15)5-6-12(13)16/h5-7H,2,4,8-9,16H2,1,3H3. The van der Waals surface area contributed by atoms with Crippen LogP contribution < -0.4 is 5.73 Å². The number of thioether (sulfide) groups is 1. The van der Waals surface area contributed by atoms with E-state index in [0.29, 0.717) is 24.5 Å². The second kappa shape index (κ2) is 7.60. The molecule has 1 aromatic rings. The number of nitrogens with zero attached hydrogens (tertiary/aromatic N) is 1. The van der Waals surface area contributed by atoms with Gasteiger partial charge < -0.3 is 10.6 Å². The van der Waals surface area contributed by atoms with Gasteiger partial charge in [0.15, 0.2) is 0 Å². The molecule has 1 aromatic carbocycles. The maximum Gasteiger partial charge on any atom is 0.233 e. The van der Waals surface area contributed by atoms with Gasteiger partial charge in [0, 0.05) is 28.1 Å². The van der Waals surface area contributed by atoms with Crippen LogP contribution in [-0.4, -0.2) is 29.6 Å². The Morgan fingerprint density at radius 3 is 2.79 bits per heavy atom. The average Bonchev–Trinajstić information content (AvgIpc) is 2.36. The van der Waals surface area contributed by atoms with E-state index in [0.717, 1.165) is 14.9 Å². The van der Waals surface area contributed by atoms with Crippen molar-refractivity contribution in [3.63, 3.8) is 0 Å². The number of nitrogens with two attached hydrogens (primary N) is 1. The summed E-state index contributed by atoms with van der Waals surface area (Å²) in [6.45, 7) is 9.05. The first kappa shape index (κ1) is 16.1. The highest BCUT2D eigenvalue weighted by Crippen LogP contribution is 2.28. The van der Waals surface area contributed by atoms with Crippen LogP contribution in [0.1, 0.15) is 13.8 Å². The third-order valence-corrected chi connectivity index (χ3v) is 4.07. The molecule has 0 aliphatic rings. The van der Waals surface area contributed by atoms with E-state index in [4.69, 9.17) is 5.73 Å². The molecule has 0 aliphatic carbocycles. The zero-order valence-electron chi connectivity index (χ0n) is 11.3. The van der Waals surface area contributed by atoms with Crippen LogP contribution >= 0.6 is 27.7 Å². The number of carbonyl (C=O) groups is 1. The van der Waals surface area contributed by atoms with E-state index in [1.165, 1.54) is 11.8 Å². The molecule has 2 N–H and O–H groups in total. The van der Waals surface area contributed by atoms with E-state index < -0.39 is 0 Å². The molecule has 0 aromatic heterocycles. The molecule has 0 spiro atoms. The summed E-state index contributed by atoms with van der Waals surface area (Å²) in [5, 5.41) is 0. The Morgan fingerprint density at radius 2 is 2.21 bits per heavy atom. The zero-order chi connectivity index (χ0) is 14.4. The van der Waals surface area contributed by atoms with Gasteiger partial charge in [-0.2, -0.15) is 0 Å². The van der Waals surface area contributed by atoms with Crippen LogP contribution in [0.2, 0.25) is 0 Å². The van der Waals surface area contributed by atoms with Crippen molar-refractivity contribution in [2.75, 3.05) is 24.6 Å². The Bertz CT molecular complexity index is 477. The third kappa shape index (κ3) is 5.28. The lowest BCUT2D eigenvalue weighted by Gasteiger charge is -2.20. The summed E-state index contributed by atoms with van der Waals surface area (Å²) in [6.07, 6.45) is 0. The van der Waals surface area contributed by atoms with Gasteiger partial charge in [0.25, 0.3) is 0 Å². The first-order valence-electron chi connectivity index (χ1n) is 6.04. The molecule has 0 saturated heterocycles. The van der Waals surface area contributed by atoms with Crippen molar-refractivity contribution in [2.24, 2.45) is 0 Å². The first-order chi connectivity index (χ1) is 8.93. The monoisotopic (exact) mass is 342 g/mol. The van der Waals surface area contributed by atoms with Crippen LogP contribution in [-0.2, 0) is 4.79 Å². The molecule has 3 nitrogen and oxygen atoms in total. The normalized spacial score (nSPS) is 10.3. The van der Waals surface area contributed by atoms with E-state index in [1.807, 2.05) is 32.0 Å². The van der Waals surface area contributed by atoms with Crippen molar-refractivity contribution < 1.29 is 4.79 Å². The summed E-state index contributed by atoms with van der Waals surface area (Å²) >= 11 is 4.87. The number of nitrogen functional groups attached to an aromatic ring is 1. The van der Waals surface area contributed by atoms with Gasteiger partial charge >= 0.3 is 0 Å². The van der Waals surface area contributed by atoms with E-state index >= 15 is 0 Å². The van der Waals surface area contributed by atoms with Crippen LogP contribution in [0.5, 0.6) is 0 Å².